The van der Waals surface area contributed by atoms with E-state index in [0.717, 1.165) is 51.9 Å². The summed E-state index contributed by atoms with van der Waals surface area (Å²) in [6, 6.07) is 4.97. The molecule has 2 aliphatic heterocycles. The summed E-state index contributed by atoms with van der Waals surface area (Å²) in [4.78, 5) is 7.90. The fourth-order valence-electron chi connectivity index (χ4n) is 4.55. The van der Waals surface area contributed by atoms with Crippen LogP contribution in [0.3, 0.4) is 0 Å². The summed E-state index contributed by atoms with van der Waals surface area (Å²) in [6.07, 6.45) is 6.75. The van der Waals surface area contributed by atoms with Crippen LogP contribution >= 0.6 is 11.3 Å². The first-order valence-electron chi connectivity index (χ1n) is 9.60. The van der Waals surface area contributed by atoms with E-state index in [2.05, 4.69) is 21.9 Å². The fourth-order valence-corrected chi connectivity index (χ4v) is 5.77. The Morgan fingerprint density at radius 1 is 1.08 bits per heavy atom. The normalized spacial score (nSPS) is 30.9. The standard InChI is InChI=1S/C19H30N2O2S/c22-18-14-20(13-17(18)21-8-10-23-11-9-21)12-16-6-7-19(24-16)15-4-2-1-3-5-15/h6-7,15,17-18,22H,1-5,8-14H2/t17-,18-/m1/s1. The molecule has 3 heterocycles. The second-order valence-corrected chi connectivity index (χ2v) is 8.82. The molecule has 0 amide bonds. The van der Waals surface area contributed by atoms with Crippen LogP contribution in [0.5, 0.6) is 0 Å². The second-order valence-electron chi connectivity index (χ2n) is 7.62. The summed E-state index contributed by atoms with van der Waals surface area (Å²) >= 11 is 2.01. The van der Waals surface area contributed by atoms with Crippen molar-refractivity contribution in [2.75, 3.05) is 39.4 Å². The number of morpholine rings is 1. The van der Waals surface area contributed by atoms with Crippen LogP contribution in [0.2, 0.25) is 0 Å². The molecule has 134 valence electrons. The van der Waals surface area contributed by atoms with E-state index in [9.17, 15) is 5.11 Å². The van der Waals surface area contributed by atoms with Crippen LogP contribution in [0.1, 0.15) is 47.8 Å². The van der Waals surface area contributed by atoms with Gasteiger partial charge in [-0.2, -0.15) is 0 Å². The van der Waals surface area contributed by atoms with Crippen molar-refractivity contribution in [1.29, 1.82) is 0 Å². The maximum atomic E-state index is 10.5. The molecule has 0 bridgehead atoms. The zero-order valence-corrected chi connectivity index (χ0v) is 15.3. The lowest BCUT2D eigenvalue weighted by molar-refractivity contribution is -0.00617. The Hall–Kier alpha value is -0.460. The van der Waals surface area contributed by atoms with Crippen molar-refractivity contribution in [2.24, 2.45) is 0 Å². The lowest BCUT2D eigenvalue weighted by Gasteiger charge is -2.33. The van der Waals surface area contributed by atoms with E-state index in [-0.39, 0.29) is 12.1 Å². The minimum absolute atomic E-state index is 0.221. The van der Waals surface area contributed by atoms with E-state index in [4.69, 9.17) is 4.74 Å². The molecule has 4 nitrogen and oxygen atoms in total. The summed E-state index contributed by atoms with van der Waals surface area (Å²) in [7, 11) is 0. The number of rotatable bonds is 4. The predicted octanol–water partition coefficient (Wildman–Crippen LogP) is 2.67. The van der Waals surface area contributed by atoms with Gasteiger partial charge < -0.3 is 9.84 Å². The number of hydrogen-bond acceptors (Lipinski definition) is 5. The highest BCUT2D eigenvalue weighted by Crippen LogP contribution is 2.36. The third-order valence-corrected chi connectivity index (χ3v) is 7.15. The molecule has 1 aromatic heterocycles. The highest BCUT2D eigenvalue weighted by atomic mass is 32.1. The molecular formula is C19H30N2O2S. The zero-order chi connectivity index (χ0) is 16.4. The smallest absolute Gasteiger partial charge is 0.0834 e. The number of hydrogen-bond donors (Lipinski definition) is 1. The van der Waals surface area contributed by atoms with Gasteiger partial charge in [0.15, 0.2) is 0 Å². The van der Waals surface area contributed by atoms with Gasteiger partial charge in [-0.25, -0.2) is 0 Å². The number of nitrogens with zero attached hydrogens (tertiary/aromatic N) is 2. The van der Waals surface area contributed by atoms with Gasteiger partial charge in [0.05, 0.1) is 19.3 Å². The third-order valence-electron chi connectivity index (χ3n) is 5.92. The first-order valence-corrected chi connectivity index (χ1v) is 10.4. The Balaban J connectivity index is 1.33. The van der Waals surface area contributed by atoms with E-state index >= 15 is 0 Å². The fraction of sp³-hybridized carbons (Fsp3) is 0.789. The minimum Gasteiger partial charge on any atom is -0.390 e. The average molecular weight is 351 g/mol. The van der Waals surface area contributed by atoms with Gasteiger partial charge in [0.2, 0.25) is 0 Å². The monoisotopic (exact) mass is 350 g/mol. The second kappa shape index (κ2) is 7.83. The van der Waals surface area contributed by atoms with Crippen molar-refractivity contribution in [3.05, 3.63) is 21.9 Å². The van der Waals surface area contributed by atoms with Crippen molar-refractivity contribution >= 4 is 11.3 Å². The number of likely N-dealkylation sites (tertiary alicyclic amines) is 1. The van der Waals surface area contributed by atoms with Crippen LogP contribution in [-0.2, 0) is 11.3 Å². The number of aliphatic hydroxyl groups excluding tert-OH is 1. The Morgan fingerprint density at radius 3 is 2.67 bits per heavy atom. The van der Waals surface area contributed by atoms with Crippen LogP contribution in [0, 0.1) is 0 Å². The Kier molecular flexibility index (Phi) is 5.54. The molecule has 5 heteroatoms. The molecule has 0 unspecified atom stereocenters. The summed E-state index contributed by atoms with van der Waals surface area (Å²) in [5.41, 5.74) is 0. The zero-order valence-electron chi connectivity index (χ0n) is 14.5. The largest absolute Gasteiger partial charge is 0.390 e. The molecular weight excluding hydrogens is 320 g/mol. The molecule has 1 aliphatic carbocycles. The third kappa shape index (κ3) is 3.86. The summed E-state index contributed by atoms with van der Waals surface area (Å²) in [5, 5.41) is 10.5. The lowest BCUT2D eigenvalue weighted by Crippen LogP contribution is -2.48. The van der Waals surface area contributed by atoms with Crippen LogP contribution < -0.4 is 0 Å². The van der Waals surface area contributed by atoms with Crippen molar-refractivity contribution in [2.45, 2.75) is 56.7 Å². The molecule has 2 atom stereocenters. The Morgan fingerprint density at radius 2 is 1.88 bits per heavy atom. The predicted molar refractivity (Wildman–Crippen MR) is 97.6 cm³/mol. The van der Waals surface area contributed by atoms with E-state index in [0.29, 0.717) is 0 Å². The highest BCUT2D eigenvalue weighted by molar-refractivity contribution is 7.12. The first-order chi connectivity index (χ1) is 11.8. The molecule has 1 N–H and O–H groups in total. The molecule has 0 radical (unpaired) electrons. The van der Waals surface area contributed by atoms with Crippen LogP contribution in [-0.4, -0.2) is 66.4 Å². The Labute approximate surface area is 149 Å². The summed E-state index contributed by atoms with van der Waals surface area (Å²) < 4.78 is 5.44. The SMILES string of the molecule is O[C@@H]1CN(Cc2ccc(C3CCCCC3)s2)C[C@H]1N1CCOCC1. The number of ether oxygens (including phenoxy) is 1. The van der Waals surface area contributed by atoms with Crippen LogP contribution in [0.25, 0.3) is 0 Å². The summed E-state index contributed by atoms with van der Waals surface area (Å²) in [5.74, 6) is 0.808. The minimum atomic E-state index is -0.221. The van der Waals surface area contributed by atoms with Crippen molar-refractivity contribution in [1.82, 2.24) is 9.80 Å². The highest BCUT2D eigenvalue weighted by Gasteiger charge is 2.36. The molecule has 24 heavy (non-hydrogen) atoms. The van der Waals surface area contributed by atoms with E-state index < -0.39 is 0 Å². The molecule has 2 saturated heterocycles. The number of thiophene rings is 1. The summed E-state index contributed by atoms with van der Waals surface area (Å²) in [6.45, 7) is 6.31. The first kappa shape index (κ1) is 17.0. The van der Waals surface area contributed by atoms with Crippen molar-refractivity contribution in [3.8, 4) is 0 Å². The van der Waals surface area contributed by atoms with Gasteiger partial charge in [-0.15, -0.1) is 11.3 Å². The average Bonchev–Trinajstić information content (AvgIpc) is 3.23. The van der Waals surface area contributed by atoms with Gasteiger partial charge in [0.1, 0.15) is 0 Å². The molecule has 3 fully saturated rings. The number of β-amino-alcohol motifs (C(OH)–C–C–N with tert-alkyl or cyclic N) is 1. The van der Waals surface area contributed by atoms with Crippen molar-refractivity contribution in [3.63, 3.8) is 0 Å². The lowest BCUT2D eigenvalue weighted by atomic mass is 9.88. The van der Waals surface area contributed by atoms with E-state index in [1.807, 2.05) is 11.3 Å². The quantitative estimate of drug-likeness (QED) is 0.906. The molecule has 0 aromatic carbocycles. The molecule has 4 rings (SSSR count). The van der Waals surface area contributed by atoms with Gasteiger partial charge in [-0.05, 0) is 30.9 Å². The Bertz CT molecular complexity index is 523. The molecule has 1 saturated carbocycles. The number of aliphatic hydroxyl groups is 1. The van der Waals surface area contributed by atoms with E-state index in [1.165, 1.54) is 37.0 Å². The maximum absolute atomic E-state index is 10.5. The van der Waals surface area contributed by atoms with Gasteiger partial charge >= 0.3 is 0 Å². The maximum Gasteiger partial charge on any atom is 0.0834 e. The topological polar surface area (TPSA) is 35.9 Å². The molecule has 0 spiro atoms. The molecule has 1 aromatic rings. The molecule has 3 aliphatic rings. The van der Waals surface area contributed by atoms with Crippen molar-refractivity contribution < 1.29 is 9.84 Å². The van der Waals surface area contributed by atoms with Crippen LogP contribution in [0.4, 0.5) is 0 Å². The van der Waals surface area contributed by atoms with Gasteiger partial charge in [0, 0.05) is 48.5 Å². The van der Waals surface area contributed by atoms with Gasteiger partial charge in [-0.3, -0.25) is 9.80 Å². The van der Waals surface area contributed by atoms with E-state index in [1.54, 1.807) is 4.88 Å². The van der Waals surface area contributed by atoms with Gasteiger partial charge in [-0.1, -0.05) is 19.3 Å². The van der Waals surface area contributed by atoms with Gasteiger partial charge in [0.25, 0.3) is 0 Å². The van der Waals surface area contributed by atoms with Crippen LogP contribution in [0.15, 0.2) is 12.1 Å².